The van der Waals surface area contributed by atoms with Crippen molar-refractivity contribution in [2.45, 2.75) is 101 Å². The summed E-state index contributed by atoms with van der Waals surface area (Å²) in [5.74, 6) is 0.210. The summed E-state index contributed by atoms with van der Waals surface area (Å²) in [5.41, 5.74) is 0.784. The van der Waals surface area contributed by atoms with E-state index in [-0.39, 0.29) is 24.7 Å². The minimum Gasteiger partial charge on any atom is -0.494 e. The van der Waals surface area contributed by atoms with Crippen LogP contribution in [0, 0.1) is 0 Å². The monoisotopic (exact) mass is 657 g/mol. The van der Waals surface area contributed by atoms with Crippen LogP contribution in [0.1, 0.15) is 64.2 Å². The number of amides is 2. The molecule has 2 aromatic heterocycles. The van der Waals surface area contributed by atoms with E-state index in [9.17, 15) is 30.0 Å². The summed E-state index contributed by atoms with van der Waals surface area (Å²) >= 11 is 0. The van der Waals surface area contributed by atoms with E-state index in [1.807, 2.05) is 30.3 Å². The van der Waals surface area contributed by atoms with Gasteiger partial charge in [0.1, 0.15) is 42.0 Å². The molecule has 1 fully saturated rings. The number of aliphatic hydroxyl groups is 4. The summed E-state index contributed by atoms with van der Waals surface area (Å²) in [6.07, 6.45) is 5.23. The molecule has 1 aliphatic rings. The third-order valence-corrected chi connectivity index (χ3v) is 8.09. The van der Waals surface area contributed by atoms with Gasteiger partial charge < -0.3 is 50.8 Å². The van der Waals surface area contributed by atoms with Gasteiger partial charge in [0.25, 0.3) is 0 Å². The number of para-hydroxylation sites is 1. The molecule has 0 unspecified atom stereocenters. The molecule has 0 bridgehead atoms. The van der Waals surface area contributed by atoms with Crippen molar-refractivity contribution in [2.75, 3.05) is 25.1 Å². The number of ether oxygens (including phenoxy) is 2. The second kappa shape index (κ2) is 19.1. The van der Waals surface area contributed by atoms with Gasteiger partial charge in [-0.05, 0) is 25.0 Å². The quantitative estimate of drug-likeness (QED) is 0.0802. The standard InChI is InChI=1S/C32H47N7O8/c40-18-22(41)29-25(27(44)28(45)32(47-29)39-31-26-30(35-19-34-26)36-20-37-31)38-24(43)17-33-23(42)15-11-6-4-2-1-3-5-7-12-16-46-21-13-9-8-10-14-21/h8-10,13-14,19-20,22,25,27-29,32,40-41,44-45H,1-7,11-12,15-18H2,(H,33,42)(H,38,43)(H2,34,35,36,37,39)/t22-,25+,27+,28+,29-,32-/m0/s1. The zero-order valence-corrected chi connectivity index (χ0v) is 26.5. The van der Waals surface area contributed by atoms with E-state index in [1.54, 1.807) is 0 Å². The van der Waals surface area contributed by atoms with E-state index in [0.29, 0.717) is 17.6 Å². The minimum absolute atomic E-state index is 0.225. The molecule has 15 heteroatoms. The number of hydrogen-bond acceptors (Lipinski definition) is 12. The summed E-state index contributed by atoms with van der Waals surface area (Å²) < 4.78 is 11.5. The molecule has 0 spiro atoms. The number of hydrogen-bond donors (Lipinski definition) is 8. The fraction of sp³-hybridized carbons (Fsp3) is 0.594. The van der Waals surface area contributed by atoms with Crippen LogP contribution in [0.4, 0.5) is 5.82 Å². The van der Waals surface area contributed by atoms with Crippen LogP contribution in [0.3, 0.4) is 0 Å². The Labute approximate surface area is 273 Å². The van der Waals surface area contributed by atoms with Gasteiger partial charge in [0.15, 0.2) is 17.7 Å². The highest BCUT2D eigenvalue weighted by molar-refractivity contribution is 5.85. The number of fused-ring (bicyclic) bond motifs is 1. The number of rotatable bonds is 20. The van der Waals surface area contributed by atoms with Crippen molar-refractivity contribution in [2.24, 2.45) is 0 Å². The Kier molecular flexibility index (Phi) is 14.6. The zero-order chi connectivity index (χ0) is 33.4. The Morgan fingerprint density at radius 1 is 0.915 bits per heavy atom. The van der Waals surface area contributed by atoms with Gasteiger partial charge in [-0.15, -0.1) is 0 Å². The highest BCUT2D eigenvalue weighted by Crippen LogP contribution is 2.26. The number of anilines is 1. The van der Waals surface area contributed by atoms with Crippen molar-refractivity contribution < 1.29 is 39.5 Å². The van der Waals surface area contributed by atoms with E-state index in [4.69, 9.17) is 9.47 Å². The average molecular weight is 658 g/mol. The van der Waals surface area contributed by atoms with Gasteiger partial charge in [0.2, 0.25) is 11.8 Å². The first kappa shape index (κ1) is 36.0. The molecule has 15 nitrogen and oxygen atoms in total. The van der Waals surface area contributed by atoms with E-state index >= 15 is 0 Å². The topological polar surface area (TPSA) is 224 Å². The molecule has 0 saturated carbocycles. The van der Waals surface area contributed by atoms with Crippen LogP contribution in [-0.4, -0.2) is 109 Å². The van der Waals surface area contributed by atoms with Crippen LogP contribution in [0.25, 0.3) is 11.2 Å². The number of carbonyl (C=O) groups excluding carboxylic acids is 2. The number of nitrogens with zero attached hydrogens (tertiary/aromatic N) is 3. The van der Waals surface area contributed by atoms with E-state index in [1.165, 1.54) is 25.5 Å². The van der Waals surface area contributed by atoms with Crippen molar-refractivity contribution in [3.63, 3.8) is 0 Å². The minimum atomic E-state index is -1.60. The lowest BCUT2D eigenvalue weighted by Gasteiger charge is -2.44. The number of imidazole rings is 1. The Balaban J connectivity index is 1.09. The summed E-state index contributed by atoms with van der Waals surface area (Å²) in [4.78, 5) is 40.0. The highest BCUT2D eigenvalue weighted by Gasteiger charge is 2.48. The van der Waals surface area contributed by atoms with Crippen LogP contribution >= 0.6 is 0 Å². The van der Waals surface area contributed by atoms with Crippen molar-refractivity contribution in [3.05, 3.63) is 43.0 Å². The molecule has 258 valence electrons. The molecule has 0 radical (unpaired) electrons. The Hall–Kier alpha value is -3.89. The molecular formula is C32H47N7O8. The maximum absolute atomic E-state index is 12.7. The summed E-state index contributed by atoms with van der Waals surface area (Å²) in [6.45, 7) is -0.357. The van der Waals surface area contributed by atoms with E-state index in [0.717, 1.165) is 50.9 Å². The maximum atomic E-state index is 12.7. The van der Waals surface area contributed by atoms with Crippen molar-refractivity contribution in [1.29, 1.82) is 0 Å². The molecule has 0 aliphatic carbocycles. The molecular weight excluding hydrogens is 610 g/mol. The summed E-state index contributed by atoms with van der Waals surface area (Å²) in [7, 11) is 0. The third-order valence-electron chi connectivity index (χ3n) is 8.09. The first-order valence-electron chi connectivity index (χ1n) is 16.3. The van der Waals surface area contributed by atoms with E-state index in [2.05, 4.69) is 35.9 Å². The van der Waals surface area contributed by atoms with Crippen LogP contribution < -0.4 is 20.7 Å². The SMILES string of the molecule is O=C(CCCCCCCCCCCOc1ccccc1)NCC(=O)N[C@@H]1[C@@H](O)[C@@H](O)[C@@H](Nc2ncnc3nc[nH]c23)O[C@H]1[C@@H](O)CO. The predicted molar refractivity (Wildman–Crippen MR) is 172 cm³/mol. The molecule has 47 heavy (non-hydrogen) atoms. The molecule has 3 heterocycles. The molecule has 1 aromatic carbocycles. The molecule has 3 aromatic rings. The number of benzene rings is 1. The fourth-order valence-corrected chi connectivity index (χ4v) is 5.49. The Morgan fingerprint density at radius 3 is 2.34 bits per heavy atom. The van der Waals surface area contributed by atoms with Gasteiger partial charge in [-0.2, -0.15) is 0 Å². The Bertz CT molecular complexity index is 1360. The second-order valence-electron chi connectivity index (χ2n) is 11.7. The smallest absolute Gasteiger partial charge is 0.239 e. The van der Waals surface area contributed by atoms with Gasteiger partial charge in [-0.1, -0.05) is 63.1 Å². The van der Waals surface area contributed by atoms with Gasteiger partial charge in [-0.25, -0.2) is 15.0 Å². The lowest BCUT2D eigenvalue weighted by molar-refractivity contribution is -0.204. The number of carbonyl (C=O) groups is 2. The second-order valence-corrected chi connectivity index (χ2v) is 11.7. The lowest BCUT2D eigenvalue weighted by atomic mass is 9.92. The van der Waals surface area contributed by atoms with Crippen molar-refractivity contribution >= 4 is 28.8 Å². The molecule has 1 saturated heterocycles. The Morgan fingerprint density at radius 2 is 1.62 bits per heavy atom. The largest absolute Gasteiger partial charge is 0.494 e. The van der Waals surface area contributed by atoms with Crippen molar-refractivity contribution in [3.8, 4) is 5.75 Å². The predicted octanol–water partition coefficient (Wildman–Crippen LogP) is 1.15. The summed E-state index contributed by atoms with van der Waals surface area (Å²) in [5, 5.41) is 49.6. The molecule has 2 amide bonds. The van der Waals surface area contributed by atoms with Gasteiger partial charge in [0.05, 0.1) is 32.1 Å². The number of aromatic amines is 1. The number of H-pyrrole nitrogens is 1. The molecule has 8 N–H and O–H groups in total. The first-order valence-corrected chi connectivity index (χ1v) is 16.3. The molecule has 4 rings (SSSR count). The molecule has 6 atom stereocenters. The summed E-state index contributed by atoms with van der Waals surface area (Å²) in [6, 6.07) is 8.55. The van der Waals surface area contributed by atoms with Crippen LogP contribution in [0.15, 0.2) is 43.0 Å². The van der Waals surface area contributed by atoms with Crippen LogP contribution in [-0.2, 0) is 14.3 Å². The molecule has 1 aliphatic heterocycles. The van der Waals surface area contributed by atoms with Crippen LogP contribution in [0.2, 0.25) is 0 Å². The third kappa shape index (κ3) is 11.1. The van der Waals surface area contributed by atoms with E-state index < -0.39 is 49.2 Å². The average Bonchev–Trinajstić information content (AvgIpc) is 3.58. The van der Waals surface area contributed by atoms with Crippen molar-refractivity contribution in [1.82, 2.24) is 30.6 Å². The first-order chi connectivity index (χ1) is 22.9. The lowest BCUT2D eigenvalue weighted by Crippen LogP contribution is -2.68. The zero-order valence-electron chi connectivity index (χ0n) is 26.5. The van der Waals surface area contributed by atoms with Gasteiger partial charge in [0, 0.05) is 6.42 Å². The number of aliphatic hydroxyl groups excluding tert-OH is 4. The number of aromatic nitrogens is 4. The number of nitrogens with one attached hydrogen (secondary N) is 4. The van der Waals surface area contributed by atoms with Gasteiger partial charge >= 0.3 is 0 Å². The maximum Gasteiger partial charge on any atom is 0.239 e. The van der Waals surface area contributed by atoms with Crippen LogP contribution in [0.5, 0.6) is 5.75 Å². The highest BCUT2D eigenvalue weighted by atomic mass is 16.5. The fourth-order valence-electron chi connectivity index (χ4n) is 5.49. The normalized spacial score (nSPS) is 21.7. The number of unbranched alkanes of at least 4 members (excludes halogenated alkanes) is 8. The van der Waals surface area contributed by atoms with Gasteiger partial charge in [-0.3, -0.25) is 9.59 Å².